The molecule has 0 unspecified atom stereocenters. The molecule has 2 aliphatic heterocycles. The number of rotatable bonds is 0. The van der Waals surface area contributed by atoms with E-state index in [0.29, 0.717) is 17.5 Å². The molecule has 2 N–H and O–H groups in total. The van der Waals surface area contributed by atoms with Crippen LogP contribution in [0, 0.1) is 28.6 Å². The molecule has 0 bridgehead atoms. The van der Waals surface area contributed by atoms with Gasteiger partial charge in [0.15, 0.2) is 0 Å². The monoisotopic (exact) mass is 344 g/mol. The van der Waals surface area contributed by atoms with E-state index in [1.807, 2.05) is 0 Å². The molecule has 5 aliphatic rings. The maximum absolute atomic E-state index is 11.1. The van der Waals surface area contributed by atoms with Crippen LogP contribution in [-0.2, 0) is 0 Å². The average Bonchev–Trinajstić information content (AvgIpc) is 2.84. The molecule has 2 saturated carbocycles. The molecule has 0 radical (unpaired) electrons. The van der Waals surface area contributed by atoms with Gasteiger partial charge in [0.25, 0.3) is 0 Å². The van der Waals surface area contributed by atoms with Crippen molar-refractivity contribution in [3.63, 3.8) is 0 Å². The van der Waals surface area contributed by atoms with Gasteiger partial charge in [0.1, 0.15) is 0 Å². The summed E-state index contributed by atoms with van der Waals surface area (Å²) < 4.78 is 0. The quantitative estimate of drug-likeness (QED) is 0.700. The highest BCUT2D eigenvalue weighted by molar-refractivity contribution is 5.25. The number of hydrogen-bond donors (Lipinski definition) is 2. The zero-order valence-corrected chi connectivity index (χ0v) is 16.4. The number of hydrogen-bond acceptors (Lipinski definition) is 3. The highest BCUT2D eigenvalue weighted by Crippen LogP contribution is 2.67. The first-order valence-corrected chi connectivity index (χ1v) is 10.8. The summed E-state index contributed by atoms with van der Waals surface area (Å²) in [6.45, 7) is 9.52. The van der Waals surface area contributed by atoms with Gasteiger partial charge in [0.05, 0.1) is 11.8 Å². The van der Waals surface area contributed by atoms with Crippen LogP contribution in [0.5, 0.6) is 0 Å². The van der Waals surface area contributed by atoms with Crippen molar-refractivity contribution in [1.29, 1.82) is 0 Å². The molecule has 0 amide bonds. The van der Waals surface area contributed by atoms with Gasteiger partial charge in [-0.05, 0) is 88.0 Å². The third-order valence-electron chi connectivity index (χ3n) is 9.56. The molecular weight excluding hydrogens is 308 g/mol. The molecule has 25 heavy (non-hydrogen) atoms. The van der Waals surface area contributed by atoms with Crippen molar-refractivity contribution < 1.29 is 5.11 Å². The van der Waals surface area contributed by atoms with Crippen LogP contribution in [-0.4, -0.2) is 34.9 Å². The van der Waals surface area contributed by atoms with Crippen LogP contribution in [0.3, 0.4) is 0 Å². The van der Waals surface area contributed by atoms with E-state index in [9.17, 15) is 5.11 Å². The van der Waals surface area contributed by atoms with Crippen molar-refractivity contribution >= 4 is 0 Å². The van der Waals surface area contributed by atoms with Crippen LogP contribution in [0.15, 0.2) is 11.8 Å². The van der Waals surface area contributed by atoms with Crippen molar-refractivity contribution in [3.05, 3.63) is 11.8 Å². The maximum atomic E-state index is 11.1. The minimum atomic E-state index is -0.456. The Labute approximate surface area is 153 Å². The van der Waals surface area contributed by atoms with Gasteiger partial charge >= 0.3 is 0 Å². The summed E-state index contributed by atoms with van der Waals surface area (Å²) in [5.74, 6) is 2.33. The lowest BCUT2D eigenvalue weighted by atomic mass is 9.48. The number of allylic oxidation sites excluding steroid dienone is 2. The summed E-state index contributed by atoms with van der Waals surface area (Å²) >= 11 is 0. The standard InChI is InChI=1S/C22H36N2O/c1-20-10-9-19-23-13-4-14-24(19)18(20)6-5-15-16(20)7-11-21(2)17(15)8-12-22(21,3)25/h6,15-17,19,23,25H,4-5,7-14H2,1-3H3/t15-,16+,17-,19+,20-,21-,22-/m1/s1. The molecule has 0 spiro atoms. The predicted molar refractivity (Wildman–Crippen MR) is 101 cm³/mol. The average molecular weight is 345 g/mol. The van der Waals surface area contributed by atoms with Crippen molar-refractivity contribution in [2.75, 3.05) is 13.1 Å². The number of nitrogens with one attached hydrogen (secondary N) is 1. The van der Waals surface area contributed by atoms with E-state index >= 15 is 0 Å². The highest BCUT2D eigenvalue weighted by Gasteiger charge is 2.62. The first-order valence-electron chi connectivity index (χ1n) is 10.8. The molecule has 140 valence electrons. The lowest BCUT2D eigenvalue weighted by molar-refractivity contribution is -0.120. The minimum Gasteiger partial charge on any atom is -0.390 e. The third-order valence-corrected chi connectivity index (χ3v) is 9.56. The first-order chi connectivity index (χ1) is 11.9. The van der Waals surface area contributed by atoms with Crippen LogP contribution >= 0.6 is 0 Å². The predicted octanol–water partition coefficient (Wildman–Crippen LogP) is 3.89. The third kappa shape index (κ3) is 2.06. The van der Waals surface area contributed by atoms with E-state index in [0.717, 1.165) is 18.3 Å². The Balaban J connectivity index is 1.50. The second-order valence-corrected chi connectivity index (χ2v) is 10.4. The number of piperidine rings is 1. The lowest BCUT2D eigenvalue weighted by Crippen LogP contribution is -2.61. The molecular formula is C22H36N2O. The van der Waals surface area contributed by atoms with Crippen LogP contribution in [0.25, 0.3) is 0 Å². The van der Waals surface area contributed by atoms with Gasteiger partial charge < -0.3 is 10.0 Å². The van der Waals surface area contributed by atoms with Gasteiger partial charge in [-0.25, -0.2) is 0 Å². The molecule has 0 aromatic rings. The normalized spacial score (nSPS) is 54.9. The molecule has 7 atom stereocenters. The Morgan fingerprint density at radius 3 is 2.72 bits per heavy atom. The summed E-state index contributed by atoms with van der Waals surface area (Å²) in [6.07, 6.45) is 13.1. The summed E-state index contributed by atoms with van der Waals surface area (Å²) in [4.78, 5) is 2.72. The Morgan fingerprint density at radius 2 is 1.88 bits per heavy atom. The largest absolute Gasteiger partial charge is 0.390 e. The fourth-order valence-electron chi connectivity index (χ4n) is 7.85. The second kappa shape index (κ2) is 5.25. The molecule has 2 saturated heterocycles. The van der Waals surface area contributed by atoms with E-state index in [2.05, 4.69) is 37.1 Å². The van der Waals surface area contributed by atoms with Gasteiger partial charge in [-0.15, -0.1) is 0 Å². The highest BCUT2D eigenvalue weighted by atomic mass is 16.3. The Hall–Kier alpha value is -0.540. The van der Waals surface area contributed by atoms with Crippen LogP contribution in [0.4, 0.5) is 0 Å². The number of nitrogens with zero attached hydrogens (tertiary/aromatic N) is 1. The first kappa shape index (κ1) is 16.6. The summed E-state index contributed by atoms with van der Waals surface area (Å²) in [5.41, 5.74) is 1.72. The van der Waals surface area contributed by atoms with Crippen LogP contribution in [0.2, 0.25) is 0 Å². The van der Waals surface area contributed by atoms with E-state index in [1.54, 1.807) is 5.70 Å². The van der Waals surface area contributed by atoms with Crippen molar-refractivity contribution in [2.45, 2.75) is 83.9 Å². The zero-order valence-electron chi connectivity index (χ0n) is 16.4. The lowest BCUT2D eigenvalue weighted by Gasteiger charge is -2.61. The maximum Gasteiger partial charge on any atom is 0.0793 e. The Morgan fingerprint density at radius 1 is 1.08 bits per heavy atom. The molecule has 3 aliphatic carbocycles. The molecule has 3 nitrogen and oxygen atoms in total. The van der Waals surface area contributed by atoms with Gasteiger partial charge in [-0.3, -0.25) is 5.32 Å². The summed E-state index contributed by atoms with van der Waals surface area (Å²) in [6, 6.07) is 0. The molecule has 5 rings (SSSR count). The van der Waals surface area contributed by atoms with E-state index in [-0.39, 0.29) is 5.41 Å². The molecule has 2 heterocycles. The van der Waals surface area contributed by atoms with Crippen molar-refractivity contribution in [1.82, 2.24) is 10.2 Å². The van der Waals surface area contributed by atoms with Crippen LogP contribution in [0.1, 0.15) is 72.1 Å². The van der Waals surface area contributed by atoms with Crippen LogP contribution < -0.4 is 5.32 Å². The Kier molecular flexibility index (Phi) is 3.49. The summed E-state index contributed by atoms with van der Waals surface area (Å²) in [5, 5.41) is 14.8. The molecule has 3 heteroatoms. The van der Waals surface area contributed by atoms with Gasteiger partial charge in [0.2, 0.25) is 0 Å². The zero-order chi connectivity index (χ0) is 17.4. The topological polar surface area (TPSA) is 35.5 Å². The van der Waals surface area contributed by atoms with E-state index < -0.39 is 5.60 Å². The molecule has 0 aromatic heterocycles. The number of fused-ring (bicyclic) bond motifs is 7. The van der Waals surface area contributed by atoms with Gasteiger partial charge in [0, 0.05) is 17.7 Å². The number of aliphatic hydroxyl groups is 1. The smallest absolute Gasteiger partial charge is 0.0793 e. The fraction of sp³-hybridized carbons (Fsp3) is 0.909. The molecule has 0 aromatic carbocycles. The molecule has 4 fully saturated rings. The van der Waals surface area contributed by atoms with E-state index in [1.165, 1.54) is 58.0 Å². The SMILES string of the molecule is C[C@]12CC[C@H]3NCCCN3C1=CC[C@H]1[C@H]3CC[C@@](C)(O)[C@]3(C)CC[C@@H]12. The Bertz CT molecular complexity index is 599. The minimum absolute atomic E-state index is 0.139. The fourth-order valence-corrected chi connectivity index (χ4v) is 7.85. The van der Waals surface area contributed by atoms with E-state index in [4.69, 9.17) is 0 Å². The van der Waals surface area contributed by atoms with Crippen molar-refractivity contribution in [2.24, 2.45) is 28.6 Å². The summed E-state index contributed by atoms with van der Waals surface area (Å²) in [7, 11) is 0. The second-order valence-electron chi connectivity index (χ2n) is 10.4. The van der Waals surface area contributed by atoms with Gasteiger partial charge in [-0.1, -0.05) is 19.9 Å². The van der Waals surface area contributed by atoms with Crippen molar-refractivity contribution in [3.8, 4) is 0 Å². The van der Waals surface area contributed by atoms with Gasteiger partial charge in [-0.2, -0.15) is 0 Å².